The summed E-state index contributed by atoms with van der Waals surface area (Å²) in [6.07, 6.45) is -4.60. The minimum absolute atomic E-state index is 0.00731. The summed E-state index contributed by atoms with van der Waals surface area (Å²) in [6.45, 7) is 5.54. The SMILES string of the molecule is COc1cc(C(=O)NC(C)COc2ccc3c(c2)N(C)[C@@H](C(C)C)C(=O)N[C@H](CO)C3)ccc1NCC#Cc1cc2c(N[C@@H]3CCN(C)C[C@@H]3F)cccc2n1CC(F)(F)F. The van der Waals surface area contributed by atoms with Crippen LogP contribution in [0.3, 0.4) is 0 Å². The highest BCUT2D eigenvalue weighted by Gasteiger charge is 2.33. The molecule has 3 aromatic carbocycles. The number of rotatable bonds is 13. The van der Waals surface area contributed by atoms with Crippen LogP contribution in [-0.2, 0) is 17.8 Å². The summed E-state index contributed by atoms with van der Waals surface area (Å²) in [5.41, 5.74) is 3.71. The Morgan fingerprint density at radius 1 is 1.07 bits per heavy atom. The van der Waals surface area contributed by atoms with Crippen molar-refractivity contribution < 1.29 is 41.7 Å². The Morgan fingerprint density at radius 3 is 2.56 bits per heavy atom. The average molecular weight is 850 g/mol. The maximum absolute atomic E-state index is 14.9. The maximum atomic E-state index is 14.9. The number of nitrogens with one attached hydrogen (secondary N) is 4. The molecule has 0 spiro atoms. The molecule has 5 N–H and O–H groups in total. The van der Waals surface area contributed by atoms with Crippen LogP contribution in [0.4, 0.5) is 34.6 Å². The number of fused-ring (bicyclic) bond motifs is 2. The lowest BCUT2D eigenvalue weighted by atomic mass is 9.95. The van der Waals surface area contributed by atoms with Gasteiger partial charge in [-0.25, -0.2) is 4.39 Å². The fraction of sp³-hybridized carbons (Fsp3) is 0.467. The van der Waals surface area contributed by atoms with Gasteiger partial charge in [-0.05, 0) is 86.7 Å². The first-order chi connectivity index (χ1) is 29.0. The highest BCUT2D eigenvalue weighted by Crippen LogP contribution is 2.33. The predicted octanol–water partition coefficient (Wildman–Crippen LogP) is 5.82. The molecule has 6 rings (SSSR count). The van der Waals surface area contributed by atoms with E-state index in [9.17, 15) is 32.3 Å². The number of hydrogen-bond acceptors (Lipinski definition) is 9. The van der Waals surface area contributed by atoms with Crippen molar-refractivity contribution in [3.63, 3.8) is 0 Å². The van der Waals surface area contributed by atoms with Gasteiger partial charge in [-0.2, -0.15) is 13.2 Å². The second-order valence-electron chi connectivity index (χ2n) is 16.2. The summed E-state index contributed by atoms with van der Waals surface area (Å²) in [4.78, 5) is 30.2. The summed E-state index contributed by atoms with van der Waals surface area (Å²) >= 11 is 0. The molecule has 5 atom stereocenters. The molecular formula is C45H55F4N7O5. The van der Waals surface area contributed by atoms with E-state index in [4.69, 9.17) is 9.47 Å². The van der Waals surface area contributed by atoms with E-state index in [1.807, 2.05) is 62.9 Å². The van der Waals surface area contributed by atoms with Crippen molar-refractivity contribution in [2.24, 2.45) is 5.92 Å². The number of hydrogen-bond donors (Lipinski definition) is 5. The minimum Gasteiger partial charge on any atom is -0.495 e. The third-order valence-corrected chi connectivity index (χ3v) is 11.1. The zero-order valence-electron chi connectivity index (χ0n) is 35.3. The first-order valence-corrected chi connectivity index (χ1v) is 20.4. The van der Waals surface area contributed by atoms with Gasteiger partial charge in [0.15, 0.2) is 0 Å². The van der Waals surface area contributed by atoms with Crippen LogP contribution in [-0.4, -0.2) is 117 Å². The largest absolute Gasteiger partial charge is 0.495 e. The number of benzene rings is 3. The Bertz CT molecular complexity index is 2250. The van der Waals surface area contributed by atoms with E-state index in [1.165, 1.54) is 7.11 Å². The molecule has 1 aromatic heterocycles. The number of carbonyl (C=O) groups is 2. The molecule has 2 aliphatic heterocycles. The molecule has 4 aromatic rings. The molecule has 0 radical (unpaired) electrons. The fourth-order valence-electron chi connectivity index (χ4n) is 8.03. The first-order valence-electron chi connectivity index (χ1n) is 20.4. The van der Waals surface area contributed by atoms with Crippen LogP contribution in [0, 0.1) is 17.8 Å². The Labute approximate surface area is 353 Å². The molecule has 2 aliphatic rings. The molecule has 16 heteroatoms. The Morgan fingerprint density at radius 2 is 1.85 bits per heavy atom. The smallest absolute Gasteiger partial charge is 0.406 e. The number of aromatic nitrogens is 1. The van der Waals surface area contributed by atoms with Crippen LogP contribution in [0.2, 0.25) is 0 Å². The van der Waals surface area contributed by atoms with E-state index >= 15 is 0 Å². The van der Waals surface area contributed by atoms with Crippen molar-refractivity contribution in [3.05, 3.63) is 77.5 Å². The highest BCUT2D eigenvalue weighted by molar-refractivity contribution is 5.96. The van der Waals surface area contributed by atoms with Gasteiger partial charge < -0.3 is 50.2 Å². The number of likely N-dealkylation sites (N-methyl/N-ethyl adjacent to an activating group) is 1. The number of methoxy groups -OCH3 is 1. The van der Waals surface area contributed by atoms with Crippen molar-refractivity contribution >= 4 is 39.8 Å². The number of halogens is 4. The van der Waals surface area contributed by atoms with Crippen LogP contribution in [0.1, 0.15) is 48.8 Å². The van der Waals surface area contributed by atoms with E-state index in [-0.39, 0.29) is 49.7 Å². The molecular weight excluding hydrogens is 795 g/mol. The number of aliphatic hydroxyl groups excluding tert-OH is 1. The second-order valence-corrected chi connectivity index (χ2v) is 16.2. The third-order valence-electron chi connectivity index (χ3n) is 11.1. The number of piperidine rings is 1. The lowest BCUT2D eigenvalue weighted by Gasteiger charge is -2.37. The van der Waals surface area contributed by atoms with Gasteiger partial charge in [-0.3, -0.25) is 9.59 Å². The molecule has 0 aliphatic carbocycles. The van der Waals surface area contributed by atoms with Gasteiger partial charge in [-0.15, -0.1) is 0 Å². The van der Waals surface area contributed by atoms with Crippen molar-refractivity contribution in [1.82, 2.24) is 20.1 Å². The normalized spacial score (nSPS) is 20.1. The first kappa shape index (κ1) is 44.9. The van der Waals surface area contributed by atoms with E-state index in [1.54, 1.807) is 42.5 Å². The number of nitrogens with zero attached hydrogens (tertiary/aromatic N) is 3. The average Bonchev–Trinajstić information content (AvgIpc) is 3.55. The lowest BCUT2D eigenvalue weighted by molar-refractivity contribution is -0.140. The van der Waals surface area contributed by atoms with Crippen LogP contribution in [0.5, 0.6) is 11.5 Å². The third kappa shape index (κ3) is 11.0. The zero-order chi connectivity index (χ0) is 44.0. The van der Waals surface area contributed by atoms with E-state index < -0.39 is 43.1 Å². The monoisotopic (exact) mass is 849 g/mol. The number of ether oxygens (including phenoxy) is 2. The van der Waals surface area contributed by atoms with Crippen molar-refractivity contribution in [2.75, 3.05) is 69.6 Å². The molecule has 3 heterocycles. The molecule has 0 bridgehead atoms. The zero-order valence-corrected chi connectivity index (χ0v) is 35.3. The summed E-state index contributed by atoms with van der Waals surface area (Å²) in [6, 6.07) is 15.4. The Kier molecular flexibility index (Phi) is 14.3. The van der Waals surface area contributed by atoms with E-state index in [2.05, 4.69) is 33.1 Å². The molecule has 2 amide bonds. The van der Waals surface area contributed by atoms with Gasteiger partial charge in [0.25, 0.3) is 5.91 Å². The molecule has 0 saturated carbocycles. The predicted molar refractivity (Wildman–Crippen MR) is 229 cm³/mol. The van der Waals surface area contributed by atoms with Gasteiger partial charge >= 0.3 is 6.18 Å². The number of anilines is 3. The number of alkyl halides is 4. The summed E-state index contributed by atoms with van der Waals surface area (Å²) < 4.78 is 69.0. The molecule has 12 nitrogen and oxygen atoms in total. The Hall–Kier alpha value is -5.66. The van der Waals surface area contributed by atoms with Crippen LogP contribution in [0.25, 0.3) is 10.9 Å². The quantitative estimate of drug-likeness (QED) is 0.0835. The van der Waals surface area contributed by atoms with Gasteiger partial charge in [0.1, 0.15) is 36.9 Å². The highest BCUT2D eigenvalue weighted by atomic mass is 19.4. The fourth-order valence-corrected chi connectivity index (χ4v) is 8.03. The number of carbonyl (C=O) groups excluding carboxylic acids is 2. The van der Waals surface area contributed by atoms with Gasteiger partial charge in [0, 0.05) is 48.5 Å². The molecule has 1 saturated heterocycles. The van der Waals surface area contributed by atoms with Crippen LogP contribution >= 0.6 is 0 Å². The molecule has 328 valence electrons. The Balaban J connectivity index is 1.09. The van der Waals surface area contributed by atoms with E-state index in [0.29, 0.717) is 58.7 Å². The molecule has 61 heavy (non-hydrogen) atoms. The summed E-state index contributed by atoms with van der Waals surface area (Å²) in [5.74, 6) is 6.24. The number of likely N-dealkylation sites (tertiary alicyclic amines) is 1. The molecule has 1 fully saturated rings. The topological polar surface area (TPSA) is 132 Å². The summed E-state index contributed by atoms with van der Waals surface area (Å²) in [7, 11) is 5.18. The van der Waals surface area contributed by atoms with Gasteiger partial charge in [0.05, 0.1) is 55.3 Å². The van der Waals surface area contributed by atoms with Crippen LogP contribution in [0.15, 0.2) is 60.7 Å². The second kappa shape index (κ2) is 19.4. The number of aliphatic hydroxyl groups is 1. The standard InChI is InChI=1S/C45H55F4N7O5/c1-27(2)42-44(59)52-31(24-57)19-29-12-14-33(22-40(29)55(42)5)61-25-28(3)51-43(58)30-13-15-38(41(20-30)60-6)50-17-8-9-32-21-34-36(53-37-16-18-54(4)23-35(37)46)10-7-11-39(34)56(32)26-45(47,48)49/h7,10-15,20-22,27-28,31,35,37,42,50,53,57H,16-19,23-26H2,1-6H3,(H,51,58)(H,52,59)/t28?,31-,35-,37+,42-/m0/s1. The van der Waals surface area contributed by atoms with Crippen molar-refractivity contribution in [2.45, 2.75) is 76.7 Å². The lowest BCUT2D eigenvalue weighted by Crippen LogP contribution is -2.54. The van der Waals surface area contributed by atoms with Crippen molar-refractivity contribution in [1.29, 1.82) is 0 Å². The van der Waals surface area contributed by atoms with Gasteiger partial charge in [0.2, 0.25) is 5.91 Å². The van der Waals surface area contributed by atoms with Crippen molar-refractivity contribution in [3.8, 4) is 23.3 Å². The summed E-state index contributed by atoms with van der Waals surface area (Å²) in [5, 5.41) is 22.7. The maximum Gasteiger partial charge on any atom is 0.406 e. The minimum atomic E-state index is -4.50. The van der Waals surface area contributed by atoms with E-state index in [0.717, 1.165) is 15.8 Å². The molecule has 1 unspecified atom stereocenters. The van der Waals surface area contributed by atoms with Crippen LogP contribution < -0.4 is 35.6 Å². The van der Waals surface area contributed by atoms with Gasteiger partial charge in [-0.1, -0.05) is 31.9 Å². The number of amides is 2.